The van der Waals surface area contributed by atoms with E-state index in [2.05, 4.69) is 0 Å². The average molecular weight is 327 g/mol. The maximum atomic E-state index is 12.6. The summed E-state index contributed by atoms with van der Waals surface area (Å²) in [7, 11) is -3.58. The summed E-state index contributed by atoms with van der Waals surface area (Å²) in [6, 6.07) is 5.81. The summed E-state index contributed by atoms with van der Waals surface area (Å²) in [6.45, 7) is 6.35. The number of ether oxygens (including phenoxy) is 2. The minimum Gasteiger partial charge on any atom is -0.462 e. The molecule has 1 aromatic carbocycles. The van der Waals surface area contributed by atoms with Crippen LogP contribution in [0.15, 0.2) is 29.2 Å². The second kappa shape index (κ2) is 6.76. The molecule has 0 bridgehead atoms. The van der Waals surface area contributed by atoms with Crippen molar-refractivity contribution in [1.82, 2.24) is 4.31 Å². The molecule has 0 N–H and O–H groups in total. The third-order valence-electron chi connectivity index (χ3n) is 3.39. The molecule has 0 radical (unpaired) electrons. The Morgan fingerprint density at radius 2 is 1.77 bits per heavy atom. The van der Waals surface area contributed by atoms with Crippen LogP contribution in [0.4, 0.5) is 0 Å². The SMILES string of the molecule is CCOC(=O)c1ccc(S(=O)(=O)N2C[C@@H](C)O[C@@H](C)C2)cc1. The molecular formula is C15H21NO5S. The zero-order valence-corrected chi connectivity index (χ0v) is 13.8. The van der Waals surface area contributed by atoms with Crippen LogP contribution >= 0.6 is 0 Å². The molecule has 22 heavy (non-hydrogen) atoms. The monoisotopic (exact) mass is 327 g/mol. The van der Waals surface area contributed by atoms with E-state index in [1.54, 1.807) is 6.92 Å². The molecule has 0 saturated carbocycles. The van der Waals surface area contributed by atoms with Crippen LogP contribution < -0.4 is 0 Å². The van der Waals surface area contributed by atoms with Crippen LogP contribution in [0.25, 0.3) is 0 Å². The van der Waals surface area contributed by atoms with E-state index in [-0.39, 0.29) is 23.7 Å². The van der Waals surface area contributed by atoms with Crippen molar-refractivity contribution in [1.29, 1.82) is 0 Å². The minimum absolute atomic E-state index is 0.141. The van der Waals surface area contributed by atoms with Crippen molar-refractivity contribution in [3.63, 3.8) is 0 Å². The predicted molar refractivity (Wildman–Crippen MR) is 81.2 cm³/mol. The Bertz CT molecular complexity index is 616. The van der Waals surface area contributed by atoms with Crippen LogP contribution in [0.2, 0.25) is 0 Å². The number of hydrogen-bond acceptors (Lipinski definition) is 5. The Kier molecular flexibility index (Phi) is 5.20. The molecule has 6 nitrogen and oxygen atoms in total. The van der Waals surface area contributed by atoms with Gasteiger partial charge in [-0.25, -0.2) is 13.2 Å². The number of benzene rings is 1. The highest BCUT2D eigenvalue weighted by Crippen LogP contribution is 2.21. The first kappa shape index (κ1) is 16.9. The zero-order valence-electron chi connectivity index (χ0n) is 13.0. The van der Waals surface area contributed by atoms with Gasteiger partial charge in [-0.2, -0.15) is 4.31 Å². The van der Waals surface area contributed by atoms with Gasteiger partial charge in [0.05, 0.1) is 29.3 Å². The van der Waals surface area contributed by atoms with Crippen LogP contribution in [0.3, 0.4) is 0 Å². The summed E-state index contributed by atoms with van der Waals surface area (Å²) in [4.78, 5) is 11.8. The summed E-state index contributed by atoms with van der Waals surface area (Å²) < 4.78 is 37.1. The maximum absolute atomic E-state index is 12.6. The van der Waals surface area contributed by atoms with Gasteiger partial charge < -0.3 is 9.47 Å². The second-order valence-electron chi connectivity index (χ2n) is 5.32. The van der Waals surface area contributed by atoms with Gasteiger partial charge in [-0.15, -0.1) is 0 Å². The molecule has 7 heteroatoms. The second-order valence-corrected chi connectivity index (χ2v) is 7.26. The van der Waals surface area contributed by atoms with Crippen LogP contribution in [0.1, 0.15) is 31.1 Å². The van der Waals surface area contributed by atoms with Gasteiger partial charge in [0, 0.05) is 13.1 Å². The van der Waals surface area contributed by atoms with Crippen molar-refractivity contribution in [3.05, 3.63) is 29.8 Å². The Hall–Kier alpha value is -1.44. The Morgan fingerprint density at radius 1 is 1.23 bits per heavy atom. The normalized spacial score (nSPS) is 23.2. The molecule has 0 aromatic heterocycles. The lowest BCUT2D eigenvalue weighted by atomic mass is 10.2. The number of sulfonamides is 1. The topological polar surface area (TPSA) is 72.9 Å². The van der Waals surface area contributed by atoms with Crippen LogP contribution in [-0.4, -0.2) is 50.6 Å². The van der Waals surface area contributed by atoms with Crippen LogP contribution in [-0.2, 0) is 19.5 Å². The lowest BCUT2D eigenvalue weighted by Crippen LogP contribution is -2.48. The van der Waals surface area contributed by atoms with E-state index < -0.39 is 16.0 Å². The van der Waals surface area contributed by atoms with Crippen molar-refractivity contribution in [3.8, 4) is 0 Å². The smallest absolute Gasteiger partial charge is 0.338 e. The van der Waals surface area contributed by atoms with Gasteiger partial charge in [0.15, 0.2) is 0 Å². The van der Waals surface area contributed by atoms with E-state index in [9.17, 15) is 13.2 Å². The van der Waals surface area contributed by atoms with Gasteiger partial charge in [0.1, 0.15) is 0 Å². The molecule has 1 saturated heterocycles. The molecule has 0 amide bonds. The van der Waals surface area contributed by atoms with Crippen molar-refractivity contribution in [2.24, 2.45) is 0 Å². The van der Waals surface area contributed by atoms with Crippen LogP contribution in [0.5, 0.6) is 0 Å². The fourth-order valence-corrected chi connectivity index (χ4v) is 4.04. The number of hydrogen-bond donors (Lipinski definition) is 0. The molecule has 1 aromatic rings. The van der Waals surface area contributed by atoms with E-state index in [0.29, 0.717) is 18.7 Å². The van der Waals surface area contributed by atoms with E-state index in [0.717, 1.165) is 0 Å². The minimum atomic E-state index is -3.58. The Balaban J connectivity index is 2.21. The maximum Gasteiger partial charge on any atom is 0.338 e. The number of morpholine rings is 1. The largest absolute Gasteiger partial charge is 0.462 e. The molecule has 2 atom stereocenters. The highest BCUT2D eigenvalue weighted by atomic mass is 32.2. The van der Waals surface area contributed by atoms with Crippen molar-refractivity contribution < 1.29 is 22.7 Å². The third kappa shape index (κ3) is 3.66. The first-order valence-electron chi connectivity index (χ1n) is 7.27. The summed E-state index contributed by atoms with van der Waals surface area (Å²) in [6.07, 6.45) is -0.283. The van der Waals surface area contributed by atoms with E-state index >= 15 is 0 Å². The highest BCUT2D eigenvalue weighted by molar-refractivity contribution is 7.89. The number of esters is 1. The molecular weight excluding hydrogens is 306 g/mol. The molecule has 1 aliphatic rings. The van der Waals surface area contributed by atoms with Gasteiger partial charge in [-0.3, -0.25) is 0 Å². The van der Waals surface area contributed by atoms with Gasteiger partial charge in [-0.1, -0.05) is 0 Å². The van der Waals surface area contributed by atoms with Crippen molar-refractivity contribution in [2.45, 2.75) is 37.9 Å². The van der Waals surface area contributed by atoms with E-state index in [4.69, 9.17) is 9.47 Å². The highest BCUT2D eigenvalue weighted by Gasteiger charge is 2.32. The van der Waals surface area contributed by atoms with E-state index in [1.165, 1.54) is 28.6 Å². The summed E-state index contributed by atoms with van der Waals surface area (Å²) in [5, 5.41) is 0. The standard InChI is InChI=1S/C15H21NO5S/c1-4-20-15(17)13-5-7-14(8-6-13)22(18,19)16-9-11(2)21-12(3)10-16/h5-8,11-12H,4,9-10H2,1-3H3/t11-,12+. The summed E-state index contributed by atoms with van der Waals surface area (Å²) in [5.74, 6) is -0.458. The van der Waals surface area contributed by atoms with Gasteiger partial charge in [-0.05, 0) is 45.0 Å². The van der Waals surface area contributed by atoms with Crippen LogP contribution in [0, 0.1) is 0 Å². The first-order chi connectivity index (χ1) is 10.3. The van der Waals surface area contributed by atoms with Crippen molar-refractivity contribution >= 4 is 16.0 Å². The molecule has 1 aliphatic heterocycles. The number of rotatable bonds is 4. The lowest BCUT2D eigenvalue weighted by Gasteiger charge is -2.34. The molecule has 2 rings (SSSR count). The molecule has 122 valence electrons. The Labute approximate surface area is 131 Å². The molecule has 0 unspecified atom stereocenters. The fraction of sp³-hybridized carbons (Fsp3) is 0.533. The predicted octanol–water partition coefficient (Wildman–Crippen LogP) is 1.66. The third-order valence-corrected chi connectivity index (χ3v) is 5.24. The summed E-state index contributed by atoms with van der Waals surface area (Å²) >= 11 is 0. The number of nitrogens with zero attached hydrogens (tertiary/aromatic N) is 1. The fourth-order valence-electron chi connectivity index (χ4n) is 2.45. The first-order valence-corrected chi connectivity index (χ1v) is 8.71. The van der Waals surface area contributed by atoms with Gasteiger partial charge in [0.25, 0.3) is 0 Å². The lowest BCUT2D eigenvalue weighted by molar-refractivity contribution is -0.0440. The molecule has 0 spiro atoms. The van der Waals surface area contributed by atoms with Crippen molar-refractivity contribution in [2.75, 3.05) is 19.7 Å². The van der Waals surface area contributed by atoms with Gasteiger partial charge in [0.2, 0.25) is 10.0 Å². The quantitative estimate of drug-likeness (QED) is 0.787. The molecule has 1 heterocycles. The van der Waals surface area contributed by atoms with Gasteiger partial charge >= 0.3 is 5.97 Å². The average Bonchev–Trinajstić information content (AvgIpc) is 2.46. The van der Waals surface area contributed by atoms with E-state index in [1.807, 2.05) is 13.8 Å². The molecule has 1 fully saturated rings. The zero-order chi connectivity index (χ0) is 16.3. The Morgan fingerprint density at radius 3 is 2.27 bits per heavy atom. The number of carbonyl (C=O) groups is 1. The summed E-state index contributed by atoms with van der Waals surface area (Å²) in [5.41, 5.74) is 0.338. The number of carbonyl (C=O) groups excluding carboxylic acids is 1. The molecule has 0 aliphatic carbocycles.